The number of aliphatic hydroxyl groups excluding tert-OH is 1. The molecule has 1 rings (SSSR count). The van der Waals surface area contributed by atoms with E-state index in [-0.39, 0.29) is 14.9 Å². The molecule has 1 aromatic rings. The lowest BCUT2D eigenvalue weighted by Crippen LogP contribution is -2.35. The van der Waals surface area contributed by atoms with Gasteiger partial charge in [0.25, 0.3) is 10.0 Å². The quantitative estimate of drug-likeness (QED) is 0.574. The highest BCUT2D eigenvalue weighted by Gasteiger charge is 2.29. The van der Waals surface area contributed by atoms with E-state index in [1.807, 2.05) is 0 Å². The van der Waals surface area contributed by atoms with Crippen molar-refractivity contribution in [1.29, 1.82) is 0 Å². The van der Waals surface area contributed by atoms with Crippen molar-refractivity contribution in [2.45, 2.75) is 30.3 Å². The lowest BCUT2D eigenvalue weighted by molar-refractivity contribution is 0.0779. The van der Waals surface area contributed by atoms with E-state index in [1.54, 1.807) is 4.72 Å². The molecule has 1 aromatic heterocycles. The molecule has 18 heavy (non-hydrogen) atoms. The molecule has 0 saturated carbocycles. The summed E-state index contributed by atoms with van der Waals surface area (Å²) >= 11 is 0.661. The molecule has 0 bridgehead atoms. The van der Waals surface area contributed by atoms with Gasteiger partial charge in [0.15, 0.2) is 4.21 Å². The second kappa shape index (κ2) is 4.80. The standard InChI is InChI=1S/C8H13N3O5S2/c1-8(2,14)6-10-4(3-12)5(17-6)18(15,16)11-7(9)13/h12,14H,3H2,1-2H3,(H3,9,11,13). The topological polar surface area (TPSA) is 143 Å². The molecule has 0 spiro atoms. The van der Waals surface area contributed by atoms with Crippen molar-refractivity contribution in [3.8, 4) is 0 Å². The number of carbonyl (C=O) groups is 1. The van der Waals surface area contributed by atoms with Gasteiger partial charge >= 0.3 is 6.03 Å². The van der Waals surface area contributed by atoms with Gasteiger partial charge in [0.05, 0.1) is 12.3 Å². The largest absolute Gasteiger partial charge is 0.390 e. The predicted molar refractivity (Wildman–Crippen MR) is 63.2 cm³/mol. The molecular weight excluding hydrogens is 282 g/mol. The molecule has 0 aliphatic carbocycles. The summed E-state index contributed by atoms with van der Waals surface area (Å²) in [7, 11) is -4.18. The van der Waals surface area contributed by atoms with E-state index in [0.717, 1.165) is 0 Å². The maximum atomic E-state index is 11.7. The Kier molecular flexibility index (Phi) is 3.96. The number of nitrogens with zero attached hydrogens (tertiary/aromatic N) is 1. The van der Waals surface area contributed by atoms with Crippen molar-refractivity contribution >= 4 is 27.4 Å². The molecule has 2 amide bonds. The Labute approximate surface area is 108 Å². The number of urea groups is 1. The Balaban J connectivity index is 3.33. The Hall–Kier alpha value is -1.23. The van der Waals surface area contributed by atoms with E-state index in [1.165, 1.54) is 13.8 Å². The number of aromatic nitrogens is 1. The number of carbonyl (C=O) groups excluding carboxylic acids is 1. The SMILES string of the molecule is CC(C)(O)c1nc(CO)c(S(=O)(=O)NC(N)=O)s1. The minimum absolute atomic E-state index is 0.108. The minimum atomic E-state index is -4.18. The van der Waals surface area contributed by atoms with Gasteiger partial charge in [-0.15, -0.1) is 11.3 Å². The van der Waals surface area contributed by atoms with E-state index in [9.17, 15) is 18.3 Å². The molecule has 8 nitrogen and oxygen atoms in total. The minimum Gasteiger partial charge on any atom is -0.390 e. The van der Waals surface area contributed by atoms with E-state index < -0.39 is 28.3 Å². The molecule has 0 aliphatic rings. The number of nitrogens with one attached hydrogen (secondary N) is 1. The van der Waals surface area contributed by atoms with Crippen LogP contribution in [-0.4, -0.2) is 29.6 Å². The Morgan fingerprint density at radius 3 is 2.50 bits per heavy atom. The molecule has 5 N–H and O–H groups in total. The number of primary amides is 1. The lowest BCUT2D eigenvalue weighted by Gasteiger charge is -2.12. The van der Waals surface area contributed by atoms with Crippen LogP contribution in [0.3, 0.4) is 0 Å². The van der Waals surface area contributed by atoms with Gasteiger partial charge in [0, 0.05) is 0 Å². The Morgan fingerprint density at radius 1 is 1.56 bits per heavy atom. The highest BCUT2D eigenvalue weighted by molar-refractivity contribution is 7.92. The van der Waals surface area contributed by atoms with Crippen LogP contribution in [-0.2, 0) is 22.2 Å². The van der Waals surface area contributed by atoms with Crippen molar-refractivity contribution in [3.05, 3.63) is 10.7 Å². The van der Waals surface area contributed by atoms with Gasteiger partial charge in [-0.1, -0.05) is 0 Å². The van der Waals surface area contributed by atoms with Crippen LogP contribution in [0, 0.1) is 0 Å². The van der Waals surface area contributed by atoms with Gasteiger partial charge in [-0.2, -0.15) is 0 Å². The maximum absolute atomic E-state index is 11.7. The van der Waals surface area contributed by atoms with E-state index in [2.05, 4.69) is 4.98 Å². The summed E-state index contributed by atoms with van der Waals surface area (Å²) in [6.45, 7) is 2.21. The number of hydrogen-bond donors (Lipinski definition) is 4. The van der Waals surface area contributed by atoms with Crippen molar-refractivity contribution in [2.75, 3.05) is 0 Å². The van der Waals surface area contributed by atoms with Crippen LogP contribution in [0.4, 0.5) is 4.79 Å². The third-order valence-electron chi connectivity index (χ3n) is 1.81. The summed E-state index contributed by atoms with van der Waals surface area (Å²) in [6, 6.07) is -1.24. The number of nitrogens with two attached hydrogens (primary N) is 1. The van der Waals surface area contributed by atoms with Crippen molar-refractivity contribution in [1.82, 2.24) is 9.71 Å². The van der Waals surface area contributed by atoms with E-state index in [4.69, 9.17) is 10.8 Å². The van der Waals surface area contributed by atoms with Crippen LogP contribution in [0.1, 0.15) is 24.5 Å². The molecule has 0 fully saturated rings. The third-order valence-corrected chi connectivity index (χ3v) is 5.12. The molecule has 1 heterocycles. The monoisotopic (exact) mass is 295 g/mol. The van der Waals surface area contributed by atoms with Crippen molar-refractivity contribution < 1.29 is 23.4 Å². The van der Waals surface area contributed by atoms with Gasteiger partial charge in [-0.05, 0) is 13.8 Å². The summed E-state index contributed by atoms with van der Waals surface area (Å²) in [5.74, 6) is 0. The van der Waals surface area contributed by atoms with Crippen LogP contribution in [0.25, 0.3) is 0 Å². The second-order valence-electron chi connectivity index (χ2n) is 3.94. The Bertz CT molecular complexity index is 558. The van der Waals surface area contributed by atoms with Crippen LogP contribution < -0.4 is 10.5 Å². The highest BCUT2D eigenvalue weighted by atomic mass is 32.2. The third kappa shape index (κ3) is 3.16. The summed E-state index contributed by atoms with van der Waals surface area (Å²) < 4.78 is 24.7. The summed E-state index contributed by atoms with van der Waals surface area (Å²) in [4.78, 5) is 14.4. The second-order valence-corrected chi connectivity index (χ2v) is 6.82. The molecule has 0 atom stereocenters. The lowest BCUT2D eigenvalue weighted by atomic mass is 10.2. The molecule has 102 valence electrons. The maximum Gasteiger partial charge on any atom is 0.326 e. The summed E-state index contributed by atoms with van der Waals surface area (Å²) in [5, 5.41) is 18.9. The number of sulfonamides is 1. The zero-order valence-corrected chi connectivity index (χ0v) is 11.3. The van der Waals surface area contributed by atoms with Gasteiger partial charge in [0.1, 0.15) is 10.6 Å². The first-order valence-electron chi connectivity index (χ1n) is 4.73. The number of rotatable bonds is 4. The fourth-order valence-corrected chi connectivity index (χ4v) is 3.48. The van der Waals surface area contributed by atoms with E-state index in [0.29, 0.717) is 11.3 Å². The molecule has 0 aromatic carbocycles. The fourth-order valence-electron chi connectivity index (χ4n) is 1.09. The van der Waals surface area contributed by atoms with Gasteiger partial charge in [-0.25, -0.2) is 22.9 Å². The molecule has 0 aliphatic heterocycles. The molecule has 0 saturated heterocycles. The zero-order chi connectivity index (χ0) is 14.1. The smallest absolute Gasteiger partial charge is 0.326 e. The van der Waals surface area contributed by atoms with Gasteiger partial charge in [-0.3, -0.25) is 0 Å². The molecule has 0 radical (unpaired) electrons. The molecule has 10 heteroatoms. The first-order valence-corrected chi connectivity index (χ1v) is 7.03. The summed E-state index contributed by atoms with van der Waals surface area (Å²) in [5.41, 5.74) is 3.24. The fraction of sp³-hybridized carbons (Fsp3) is 0.500. The first kappa shape index (κ1) is 14.8. The highest BCUT2D eigenvalue weighted by Crippen LogP contribution is 2.30. The van der Waals surface area contributed by atoms with Crippen molar-refractivity contribution in [2.24, 2.45) is 5.73 Å². The van der Waals surface area contributed by atoms with Gasteiger partial charge < -0.3 is 15.9 Å². The molecule has 0 unspecified atom stereocenters. The van der Waals surface area contributed by atoms with Crippen LogP contribution in [0.15, 0.2) is 4.21 Å². The van der Waals surface area contributed by atoms with Crippen LogP contribution in [0.2, 0.25) is 0 Å². The number of hydrogen-bond acceptors (Lipinski definition) is 7. The Morgan fingerprint density at radius 2 is 2.11 bits per heavy atom. The first-order chi connectivity index (χ1) is 8.08. The predicted octanol–water partition coefficient (Wildman–Crippen LogP) is -0.780. The van der Waals surface area contributed by atoms with Crippen LogP contribution in [0.5, 0.6) is 0 Å². The average Bonchev–Trinajstić information content (AvgIpc) is 2.58. The van der Waals surface area contributed by atoms with Crippen LogP contribution >= 0.6 is 11.3 Å². The molecular formula is C8H13N3O5S2. The van der Waals surface area contributed by atoms with Crippen molar-refractivity contribution in [3.63, 3.8) is 0 Å². The average molecular weight is 295 g/mol. The summed E-state index contributed by atoms with van der Waals surface area (Å²) in [6.07, 6.45) is 0. The normalized spacial score (nSPS) is 12.4. The number of amides is 2. The zero-order valence-electron chi connectivity index (χ0n) is 9.67. The number of aliphatic hydroxyl groups is 2. The van der Waals surface area contributed by atoms with E-state index >= 15 is 0 Å². The van der Waals surface area contributed by atoms with Gasteiger partial charge in [0.2, 0.25) is 0 Å². The number of thiazole rings is 1.